The third-order valence-electron chi connectivity index (χ3n) is 3.61. The van der Waals surface area contributed by atoms with Crippen molar-refractivity contribution in [1.82, 2.24) is 0 Å². The van der Waals surface area contributed by atoms with Crippen LogP contribution in [0.5, 0.6) is 11.5 Å². The van der Waals surface area contributed by atoms with Gasteiger partial charge < -0.3 is 19.5 Å². The summed E-state index contributed by atoms with van der Waals surface area (Å²) in [6, 6.07) is 11.1. The van der Waals surface area contributed by atoms with E-state index < -0.39 is 23.8 Å². The number of halogens is 1. The van der Waals surface area contributed by atoms with Crippen LogP contribution in [0.15, 0.2) is 48.5 Å². The molecule has 7 heteroatoms. The van der Waals surface area contributed by atoms with Crippen molar-refractivity contribution in [2.75, 3.05) is 19.5 Å². The summed E-state index contributed by atoms with van der Waals surface area (Å²) in [4.78, 5) is 24.1. The van der Waals surface area contributed by atoms with E-state index >= 15 is 0 Å². The molecule has 1 atom stereocenters. The van der Waals surface area contributed by atoms with Crippen LogP contribution in [0.4, 0.5) is 10.1 Å². The minimum atomic E-state index is -1.03. The van der Waals surface area contributed by atoms with Gasteiger partial charge in [0.1, 0.15) is 5.75 Å². The second-order valence-corrected chi connectivity index (χ2v) is 5.50. The second-order valence-electron chi connectivity index (χ2n) is 5.50. The summed E-state index contributed by atoms with van der Waals surface area (Å²) >= 11 is 0. The fourth-order valence-corrected chi connectivity index (χ4v) is 2.20. The smallest absolute Gasteiger partial charge is 0.331 e. The van der Waals surface area contributed by atoms with E-state index in [9.17, 15) is 14.0 Å². The number of para-hydroxylation sites is 2. The zero-order valence-electron chi connectivity index (χ0n) is 15.2. The predicted octanol–water partition coefficient (Wildman–Crippen LogP) is 3.43. The molecule has 1 amide bonds. The van der Waals surface area contributed by atoms with Crippen molar-refractivity contribution in [3.05, 3.63) is 59.9 Å². The van der Waals surface area contributed by atoms with E-state index in [1.165, 1.54) is 39.4 Å². The highest BCUT2D eigenvalue weighted by atomic mass is 19.1. The van der Waals surface area contributed by atoms with Crippen molar-refractivity contribution in [2.45, 2.75) is 13.0 Å². The number of hydrogen-bond donors (Lipinski definition) is 1. The first-order valence-corrected chi connectivity index (χ1v) is 8.10. The molecular formula is C20H20FNO5. The van der Waals surface area contributed by atoms with Crippen LogP contribution in [-0.2, 0) is 14.3 Å². The quantitative estimate of drug-likeness (QED) is 0.595. The highest BCUT2D eigenvalue weighted by Gasteiger charge is 2.18. The second kappa shape index (κ2) is 9.38. The Labute approximate surface area is 156 Å². The Kier molecular flexibility index (Phi) is 6.93. The normalized spacial score (nSPS) is 11.7. The lowest BCUT2D eigenvalue weighted by atomic mass is 10.2. The van der Waals surface area contributed by atoms with Gasteiger partial charge in [0.05, 0.1) is 19.9 Å². The molecule has 0 aliphatic heterocycles. The molecule has 0 saturated carbocycles. The topological polar surface area (TPSA) is 73.9 Å². The lowest BCUT2D eigenvalue weighted by Crippen LogP contribution is -2.29. The first-order chi connectivity index (χ1) is 12.9. The summed E-state index contributed by atoms with van der Waals surface area (Å²) in [5.41, 5.74) is 0.925. The Morgan fingerprint density at radius 3 is 2.44 bits per heavy atom. The molecule has 0 spiro atoms. The Balaban J connectivity index is 1.94. The van der Waals surface area contributed by atoms with Crippen molar-refractivity contribution < 1.29 is 28.2 Å². The predicted molar refractivity (Wildman–Crippen MR) is 99.2 cm³/mol. The van der Waals surface area contributed by atoms with Crippen molar-refractivity contribution in [2.24, 2.45) is 0 Å². The number of esters is 1. The monoisotopic (exact) mass is 373 g/mol. The molecule has 0 aliphatic carbocycles. The average molecular weight is 373 g/mol. The summed E-state index contributed by atoms with van der Waals surface area (Å²) < 4.78 is 28.7. The molecule has 0 saturated heterocycles. The first kappa shape index (κ1) is 20.0. The summed E-state index contributed by atoms with van der Waals surface area (Å²) in [5, 5.41) is 2.63. The zero-order valence-corrected chi connectivity index (χ0v) is 15.2. The number of ether oxygens (including phenoxy) is 3. The van der Waals surface area contributed by atoms with Crippen LogP contribution in [0.3, 0.4) is 0 Å². The van der Waals surface area contributed by atoms with Crippen molar-refractivity contribution in [1.29, 1.82) is 0 Å². The Morgan fingerprint density at radius 2 is 1.78 bits per heavy atom. The Morgan fingerprint density at radius 1 is 1.07 bits per heavy atom. The number of methoxy groups -OCH3 is 2. The number of carbonyl (C=O) groups is 2. The van der Waals surface area contributed by atoms with E-state index in [0.717, 1.165) is 6.08 Å². The summed E-state index contributed by atoms with van der Waals surface area (Å²) in [6.45, 7) is 1.45. The Bertz CT molecular complexity index is 850. The largest absolute Gasteiger partial charge is 0.495 e. The van der Waals surface area contributed by atoms with Gasteiger partial charge in [-0.25, -0.2) is 9.18 Å². The third-order valence-corrected chi connectivity index (χ3v) is 3.61. The maximum absolute atomic E-state index is 13.6. The van der Waals surface area contributed by atoms with E-state index in [0.29, 0.717) is 17.0 Å². The molecule has 0 heterocycles. The summed E-state index contributed by atoms with van der Waals surface area (Å²) in [5.74, 6) is -1.18. The van der Waals surface area contributed by atoms with E-state index in [2.05, 4.69) is 5.32 Å². The van der Waals surface area contributed by atoms with Gasteiger partial charge in [-0.15, -0.1) is 0 Å². The fourth-order valence-electron chi connectivity index (χ4n) is 2.20. The van der Waals surface area contributed by atoms with Crippen molar-refractivity contribution >= 4 is 23.6 Å². The number of rotatable bonds is 7. The number of amides is 1. The Hall–Kier alpha value is -3.35. The maximum atomic E-state index is 13.6. The fraction of sp³-hybridized carbons (Fsp3) is 0.200. The first-order valence-electron chi connectivity index (χ1n) is 8.10. The molecular weight excluding hydrogens is 353 g/mol. The van der Waals surface area contributed by atoms with Crippen molar-refractivity contribution in [3.63, 3.8) is 0 Å². The molecule has 0 aromatic heterocycles. The van der Waals surface area contributed by atoms with Gasteiger partial charge in [-0.1, -0.05) is 18.2 Å². The molecule has 27 heavy (non-hydrogen) atoms. The van der Waals surface area contributed by atoms with Crippen LogP contribution in [0.1, 0.15) is 12.5 Å². The van der Waals surface area contributed by atoms with Crippen LogP contribution < -0.4 is 14.8 Å². The molecule has 0 radical (unpaired) electrons. The van der Waals surface area contributed by atoms with E-state index in [4.69, 9.17) is 14.2 Å². The minimum absolute atomic E-state index is 0.108. The van der Waals surface area contributed by atoms with Crippen LogP contribution in [0, 0.1) is 5.82 Å². The lowest BCUT2D eigenvalue weighted by molar-refractivity contribution is -0.148. The highest BCUT2D eigenvalue weighted by Crippen LogP contribution is 2.23. The van der Waals surface area contributed by atoms with Gasteiger partial charge in [0, 0.05) is 6.08 Å². The molecule has 2 rings (SSSR count). The van der Waals surface area contributed by atoms with E-state index in [-0.39, 0.29) is 5.75 Å². The highest BCUT2D eigenvalue weighted by molar-refractivity contribution is 5.97. The molecule has 142 valence electrons. The molecule has 6 nitrogen and oxygen atoms in total. The molecule has 0 unspecified atom stereocenters. The van der Waals surface area contributed by atoms with Gasteiger partial charge >= 0.3 is 5.97 Å². The van der Waals surface area contributed by atoms with Crippen LogP contribution in [0.25, 0.3) is 6.08 Å². The molecule has 0 aliphatic rings. The van der Waals surface area contributed by atoms with E-state index in [1.807, 2.05) is 0 Å². The number of anilines is 1. The molecule has 2 aromatic carbocycles. The molecule has 1 N–H and O–H groups in total. The van der Waals surface area contributed by atoms with Gasteiger partial charge in [-0.2, -0.15) is 0 Å². The SMILES string of the molecule is COc1ccc(/C=C/C(=O)O[C@H](C)C(=O)Nc2ccccc2OC)cc1F. The summed E-state index contributed by atoms with van der Waals surface area (Å²) in [7, 11) is 2.85. The van der Waals surface area contributed by atoms with Crippen LogP contribution in [-0.4, -0.2) is 32.2 Å². The van der Waals surface area contributed by atoms with Gasteiger partial charge in [0.15, 0.2) is 17.7 Å². The number of nitrogens with one attached hydrogen (secondary N) is 1. The standard InChI is InChI=1S/C20H20FNO5/c1-13(20(24)22-16-6-4-5-7-18(16)26-3)27-19(23)11-9-14-8-10-17(25-2)15(21)12-14/h4-13H,1-3H3,(H,22,24)/b11-9+/t13-/m1/s1. The zero-order chi connectivity index (χ0) is 19.8. The summed E-state index contributed by atoms with van der Waals surface area (Å²) in [6.07, 6.45) is 1.48. The van der Waals surface area contributed by atoms with Crippen LogP contribution in [0.2, 0.25) is 0 Å². The third kappa shape index (κ3) is 5.57. The average Bonchev–Trinajstić information content (AvgIpc) is 2.66. The van der Waals surface area contributed by atoms with Crippen molar-refractivity contribution in [3.8, 4) is 11.5 Å². The van der Waals surface area contributed by atoms with Crippen LogP contribution >= 0.6 is 0 Å². The maximum Gasteiger partial charge on any atom is 0.331 e. The van der Waals surface area contributed by atoms with Gasteiger partial charge in [0.2, 0.25) is 0 Å². The lowest BCUT2D eigenvalue weighted by Gasteiger charge is -2.14. The minimum Gasteiger partial charge on any atom is -0.495 e. The van der Waals surface area contributed by atoms with Gasteiger partial charge in [-0.05, 0) is 42.8 Å². The number of hydrogen-bond acceptors (Lipinski definition) is 5. The molecule has 2 aromatic rings. The molecule has 0 fully saturated rings. The molecule has 0 bridgehead atoms. The number of carbonyl (C=O) groups excluding carboxylic acids is 2. The number of benzene rings is 2. The van der Waals surface area contributed by atoms with E-state index in [1.54, 1.807) is 30.3 Å². The van der Waals surface area contributed by atoms with Gasteiger partial charge in [-0.3, -0.25) is 4.79 Å². The van der Waals surface area contributed by atoms with Gasteiger partial charge in [0.25, 0.3) is 5.91 Å².